The van der Waals surface area contributed by atoms with E-state index in [1.807, 2.05) is 12.3 Å². The highest BCUT2D eigenvalue weighted by atomic mass is 35.5. The predicted molar refractivity (Wildman–Crippen MR) is 124 cm³/mol. The second-order valence-electron chi connectivity index (χ2n) is 8.24. The highest BCUT2D eigenvalue weighted by molar-refractivity contribution is 6.32. The van der Waals surface area contributed by atoms with E-state index in [9.17, 15) is 4.79 Å². The first kappa shape index (κ1) is 25.0. The maximum absolute atomic E-state index is 12.7. The number of urea groups is 1. The topological polar surface area (TPSA) is 78.9 Å². The van der Waals surface area contributed by atoms with Gasteiger partial charge in [-0.05, 0) is 54.9 Å². The molecule has 170 valence electrons. The van der Waals surface area contributed by atoms with Crippen molar-refractivity contribution in [2.45, 2.75) is 52.5 Å². The summed E-state index contributed by atoms with van der Waals surface area (Å²) in [6.45, 7) is 10.5. The summed E-state index contributed by atoms with van der Waals surface area (Å²) in [6.07, 6.45) is 7.04. The Bertz CT molecular complexity index is 842. The van der Waals surface area contributed by atoms with Crippen LogP contribution in [-0.4, -0.2) is 42.3 Å². The van der Waals surface area contributed by atoms with Gasteiger partial charge in [0.2, 0.25) is 0 Å². The van der Waals surface area contributed by atoms with Gasteiger partial charge < -0.3 is 20.1 Å². The van der Waals surface area contributed by atoms with Gasteiger partial charge in [0, 0.05) is 17.8 Å². The number of hydrogen-bond acceptors (Lipinski definition) is 3. The molecule has 2 aliphatic rings. The number of ether oxygens (including phenoxy) is 1. The molecule has 1 fully saturated rings. The number of nitrogens with zero attached hydrogens (tertiary/aromatic N) is 1. The maximum Gasteiger partial charge on any atom is 0.322 e. The van der Waals surface area contributed by atoms with Gasteiger partial charge in [0.1, 0.15) is 0 Å². The van der Waals surface area contributed by atoms with Crippen LogP contribution in [0.25, 0.3) is 6.08 Å². The Kier molecular flexibility index (Phi) is 9.14. The first-order chi connectivity index (χ1) is 14.8. The van der Waals surface area contributed by atoms with Crippen molar-refractivity contribution in [3.8, 4) is 0 Å². The van der Waals surface area contributed by atoms with Gasteiger partial charge in [-0.25, -0.2) is 4.79 Å². The number of benzene rings is 1. The van der Waals surface area contributed by atoms with Gasteiger partial charge in [-0.15, -0.1) is 0 Å². The quantitative estimate of drug-likeness (QED) is 0.589. The van der Waals surface area contributed by atoms with Crippen LogP contribution in [0.4, 0.5) is 4.79 Å². The maximum atomic E-state index is 12.7. The molecule has 6 nitrogen and oxygen atoms in total. The molecule has 0 saturated carbocycles. The molecule has 0 bridgehead atoms. The molecule has 1 aromatic rings. The van der Waals surface area contributed by atoms with Gasteiger partial charge in [-0.2, -0.15) is 0 Å². The molecule has 1 aromatic carbocycles. The monoisotopic (exact) mass is 448 g/mol. The molecule has 7 heteroatoms. The number of hydrogen-bond donors (Lipinski definition) is 2. The number of carbonyl (C=O) groups is 2. The van der Waals surface area contributed by atoms with Crippen molar-refractivity contribution >= 4 is 30.2 Å². The van der Waals surface area contributed by atoms with Crippen LogP contribution in [0.3, 0.4) is 0 Å². The zero-order chi connectivity index (χ0) is 23.0. The summed E-state index contributed by atoms with van der Waals surface area (Å²) in [4.78, 5) is 22.8. The second-order valence-corrected chi connectivity index (χ2v) is 8.65. The fraction of sp³-hybridized carbons (Fsp3) is 0.500. The van der Waals surface area contributed by atoms with Gasteiger partial charge in [-0.1, -0.05) is 56.2 Å². The lowest BCUT2D eigenvalue weighted by Crippen LogP contribution is -2.54. The van der Waals surface area contributed by atoms with Crippen LogP contribution in [0.5, 0.6) is 0 Å². The molecule has 2 aliphatic heterocycles. The third kappa shape index (κ3) is 6.11. The molecule has 31 heavy (non-hydrogen) atoms. The predicted octanol–water partition coefficient (Wildman–Crippen LogP) is 5.42. The van der Waals surface area contributed by atoms with Crippen molar-refractivity contribution in [2.75, 3.05) is 19.8 Å². The van der Waals surface area contributed by atoms with E-state index < -0.39 is 5.54 Å². The largest absolute Gasteiger partial charge is 0.483 e. The van der Waals surface area contributed by atoms with Crippen LogP contribution in [0.15, 0.2) is 35.5 Å². The minimum absolute atomic E-state index is 0.0572. The van der Waals surface area contributed by atoms with Gasteiger partial charge in [0.05, 0.1) is 18.8 Å². The minimum Gasteiger partial charge on any atom is -0.483 e. The molecular formula is C24H33ClN2O4. The minimum atomic E-state index is -0.566. The smallest absolute Gasteiger partial charge is 0.322 e. The standard InChI is InChI=1S/C23H31ClN2O2.CH2O2/c1-5-10-26-15-20(16(2)3)23(4,25-22(26)27)19-7-6-18(21(24)14-19)13-17-8-11-28-12-9-17;2-1-3/h6-7,13-16H,5,8-12H2,1-4H3,(H,25,27);1H,(H,2,3)/t23-;/m0./s1. The molecule has 1 atom stereocenters. The van der Waals surface area contributed by atoms with Gasteiger partial charge in [0.25, 0.3) is 6.47 Å². The van der Waals surface area contributed by atoms with E-state index in [2.05, 4.69) is 51.2 Å². The van der Waals surface area contributed by atoms with E-state index >= 15 is 0 Å². The number of amides is 2. The fourth-order valence-electron chi connectivity index (χ4n) is 4.04. The Morgan fingerprint density at radius 3 is 2.52 bits per heavy atom. The third-order valence-corrected chi connectivity index (χ3v) is 5.98. The second kappa shape index (κ2) is 11.3. The Labute approximate surface area is 189 Å². The lowest BCUT2D eigenvalue weighted by molar-refractivity contribution is -0.122. The summed E-state index contributed by atoms with van der Waals surface area (Å²) < 4.78 is 5.43. The molecule has 2 N–H and O–H groups in total. The van der Waals surface area contributed by atoms with Crippen LogP contribution in [0.1, 0.15) is 58.1 Å². The Morgan fingerprint density at radius 2 is 1.97 bits per heavy atom. The number of nitrogens with one attached hydrogen (secondary N) is 1. The van der Waals surface area contributed by atoms with E-state index in [0.717, 1.165) is 50.1 Å². The van der Waals surface area contributed by atoms with E-state index in [1.54, 1.807) is 4.90 Å². The van der Waals surface area contributed by atoms with Gasteiger partial charge in [0.15, 0.2) is 0 Å². The molecule has 0 unspecified atom stereocenters. The van der Waals surface area contributed by atoms with Crippen molar-refractivity contribution in [2.24, 2.45) is 5.92 Å². The van der Waals surface area contributed by atoms with Crippen molar-refractivity contribution in [3.63, 3.8) is 0 Å². The summed E-state index contributed by atoms with van der Waals surface area (Å²) >= 11 is 6.65. The van der Waals surface area contributed by atoms with Crippen LogP contribution >= 0.6 is 11.6 Å². The van der Waals surface area contributed by atoms with Crippen LogP contribution < -0.4 is 5.32 Å². The Hall–Kier alpha value is -2.31. The van der Waals surface area contributed by atoms with E-state index in [0.29, 0.717) is 10.9 Å². The van der Waals surface area contributed by atoms with E-state index in [4.69, 9.17) is 26.2 Å². The summed E-state index contributed by atoms with van der Waals surface area (Å²) in [5.41, 5.74) is 4.03. The molecule has 3 rings (SSSR count). The summed E-state index contributed by atoms with van der Waals surface area (Å²) in [6, 6.07) is 6.09. The summed E-state index contributed by atoms with van der Waals surface area (Å²) in [7, 11) is 0. The number of halogens is 1. The van der Waals surface area contributed by atoms with E-state index in [-0.39, 0.29) is 12.5 Å². The molecule has 1 saturated heterocycles. The van der Waals surface area contributed by atoms with Crippen molar-refractivity contribution in [1.29, 1.82) is 0 Å². The number of carbonyl (C=O) groups excluding carboxylic acids is 1. The van der Waals surface area contributed by atoms with Crippen LogP contribution in [0.2, 0.25) is 5.02 Å². The lowest BCUT2D eigenvalue weighted by Gasteiger charge is -2.42. The van der Waals surface area contributed by atoms with Crippen molar-refractivity contribution in [3.05, 3.63) is 51.7 Å². The highest BCUT2D eigenvalue weighted by Crippen LogP contribution is 2.38. The summed E-state index contributed by atoms with van der Waals surface area (Å²) in [5.74, 6) is 0.299. The zero-order valence-corrected chi connectivity index (χ0v) is 19.5. The average Bonchev–Trinajstić information content (AvgIpc) is 2.72. The first-order valence-corrected chi connectivity index (χ1v) is 11.1. The van der Waals surface area contributed by atoms with Crippen molar-refractivity contribution < 1.29 is 19.4 Å². The molecular weight excluding hydrogens is 416 g/mol. The zero-order valence-electron chi connectivity index (χ0n) is 18.8. The van der Waals surface area contributed by atoms with Gasteiger partial charge in [-0.3, -0.25) is 4.79 Å². The summed E-state index contributed by atoms with van der Waals surface area (Å²) in [5, 5.41) is 10.8. The molecule has 0 radical (unpaired) electrons. The number of rotatable bonds is 5. The van der Waals surface area contributed by atoms with Crippen LogP contribution in [0, 0.1) is 5.92 Å². The normalized spacial score (nSPS) is 21.1. The highest BCUT2D eigenvalue weighted by Gasteiger charge is 2.39. The van der Waals surface area contributed by atoms with E-state index in [1.165, 1.54) is 11.1 Å². The Morgan fingerprint density at radius 1 is 1.32 bits per heavy atom. The molecule has 2 heterocycles. The average molecular weight is 449 g/mol. The first-order valence-electron chi connectivity index (χ1n) is 10.7. The third-order valence-electron chi connectivity index (χ3n) is 5.65. The molecule has 0 aromatic heterocycles. The molecule has 2 amide bonds. The molecule has 0 aliphatic carbocycles. The Balaban J connectivity index is 0.00000107. The van der Waals surface area contributed by atoms with Crippen LogP contribution in [-0.2, 0) is 15.1 Å². The van der Waals surface area contributed by atoms with Crippen molar-refractivity contribution in [1.82, 2.24) is 10.2 Å². The number of carboxylic acid groups (broad SMARTS) is 1. The fourth-order valence-corrected chi connectivity index (χ4v) is 4.27. The molecule has 0 spiro atoms. The van der Waals surface area contributed by atoms with Gasteiger partial charge >= 0.3 is 6.03 Å². The SMILES string of the molecule is CCCN1C=C(C(C)C)[C@](C)(c2ccc(C=C3CCOCC3)c(Cl)c2)NC1=O.O=CO. The lowest BCUT2D eigenvalue weighted by atomic mass is 9.78.